The number of ketones is 1. The Morgan fingerprint density at radius 3 is 1.47 bits per heavy atom. The summed E-state index contributed by atoms with van der Waals surface area (Å²) in [5.41, 5.74) is 5.04. The fourth-order valence-corrected chi connectivity index (χ4v) is 8.54. The zero-order valence-corrected chi connectivity index (χ0v) is 18.2. The molecule has 30 heavy (non-hydrogen) atoms. The summed E-state index contributed by atoms with van der Waals surface area (Å²) >= 11 is 0. The van der Waals surface area contributed by atoms with E-state index in [9.17, 15) is 9.59 Å². The van der Waals surface area contributed by atoms with Crippen molar-refractivity contribution < 1.29 is 14.3 Å². The first-order chi connectivity index (χ1) is 14.5. The lowest BCUT2D eigenvalue weighted by Gasteiger charge is -2.33. The topological polar surface area (TPSA) is 69.4 Å². The number of nitrogens with two attached hydrogens (primary N) is 1. The summed E-state index contributed by atoms with van der Waals surface area (Å²) in [4.78, 5) is 26.9. The zero-order chi connectivity index (χ0) is 21.6. The predicted molar refractivity (Wildman–Crippen MR) is 124 cm³/mol. The second kappa shape index (κ2) is 9.80. The molecule has 3 aromatic rings. The number of benzene rings is 3. The van der Waals surface area contributed by atoms with Crippen LogP contribution in [0.25, 0.3) is 0 Å². The van der Waals surface area contributed by atoms with Crippen LogP contribution in [0.5, 0.6) is 0 Å². The molecule has 4 nitrogen and oxygen atoms in total. The minimum Gasteiger partial charge on any atom is -0.463 e. The molecule has 2 N–H and O–H groups in total. The number of rotatable bonds is 8. The summed E-state index contributed by atoms with van der Waals surface area (Å²) in [5.74, 6) is -0.831. The lowest BCUT2D eigenvalue weighted by Crippen LogP contribution is -2.51. The second-order valence-corrected chi connectivity index (χ2v) is 10.6. The van der Waals surface area contributed by atoms with Gasteiger partial charge in [0.15, 0.2) is 0 Å². The van der Waals surface area contributed by atoms with E-state index in [1.165, 1.54) is 0 Å². The number of hydrogen-bond acceptors (Lipinski definition) is 4. The van der Waals surface area contributed by atoms with Crippen molar-refractivity contribution in [3.05, 3.63) is 91.0 Å². The van der Waals surface area contributed by atoms with Crippen molar-refractivity contribution in [1.82, 2.24) is 0 Å². The highest BCUT2D eigenvalue weighted by Gasteiger charge is 2.60. The van der Waals surface area contributed by atoms with Crippen LogP contribution in [0.1, 0.15) is 13.8 Å². The number of carbonyl (C=O) groups excluding carboxylic acids is 2. The van der Waals surface area contributed by atoms with Crippen LogP contribution in [0.3, 0.4) is 0 Å². The first-order valence-electron chi connectivity index (χ1n) is 10.0. The molecule has 0 aliphatic rings. The average Bonchev–Trinajstić information content (AvgIpc) is 2.79. The van der Waals surface area contributed by atoms with Crippen molar-refractivity contribution in [2.75, 3.05) is 6.61 Å². The third-order valence-electron chi connectivity index (χ3n) is 5.11. The first kappa shape index (κ1) is 21.9. The summed E-state index contributed by atoms with van der Waals surface area (Å²) in [7, 11) is -2.76. The Hall–Kier alpha value is -2.81. The van der Waals surface area contributed by atoms with Crippen LogP contribution in [0.2, 0.25) is 0 Å². The summed E-state index contributed by atoms with van der Waals surface area (Å²) in [6.45, 7) is 3.57. The number of hydrogen-bond donors (Lipinski definition) is 1. The lowest BCUT2D eigenvalue weighted by atomic mass is 10.1. The molecule has 0 amide bonds. The van der Waals surface area contributed by atoms with E-state index in [1.807, 2.05) is 91.0 Å². The van der Waals surface area contributed by atoms with Gasteiger partial charge < -0.3 is 10.5 Å². The van der Waals surface area contributed by atoms with E-state index in [0.717, 1.165) is 15.9 Å². The molecule has 3 rings (SSSR count). The van der Waals surface area contributed by atoms with Gasteiger partial charge in [0.1, 0.15) is 23.2 Å². The molecule has 0 bridgehead atoms. The molecule has 0 heterocycles. The molecule has 0 radical (unpaired) electrons. The fourth-order valence-electron chi connectivity index (χ4n) is 3.82. The number of Topliss-reactive ketones (excluding diaryl/α,β-unsaturated/α-hetero) is 1. The van der Waals surface area contributed by atoms with Crippen LogP contribution >= 0.6 is 7.26 Å². The lowest BCUT2D eigenvalue weighted by molar-refractivity contribution is -0.145. The third kappa shape index (κ3) is 4.07. The maximum absolute atomic E-state index is 13.5. The minimum absolute atomic E-state index is 0.194. The standard InChI is InChI=1S/C25H27NO3P/c1-3-29-25(28)24(23(27)19(2)26)30(20-13-7-4-8-14-20,21-15-9-5-10-16-21)22-17-11-6-12-18-22/h4-19,24H,3,26H2,1-2H3/q+1. The van der Waals surface area contributed by atoms with Gasteiger partial charge in [0.05, 0.1) is 12.6 Å². The van der Waals surface area contributed by atoms with Gasteiger partial charge in [0.25, 0.3) is 0 Å². The van der Waals surface area contributed by atoms with E-state index in [1.54, 1.807) is 13.8 Å². The first-order valence-corrected chi connectivity index (χ1v) is 11.9. The molecule has 0 aliphatic carbocycles. The number of esters is 1. The van der Waals surface area contributed by atoms with Gasteiger partial charge in [-0.1, -0.05) is 54.6 Å². The smallest absolute Gasteiger partial charge is 0.356 e. The largest absolute Gasteiger partial charge is 0.463 e. The molecule has 154 valence electrons. The molecule has 5 heteroatoms. The SMILES string of the molecule is CCOC(=O)C(C(=O)C(C)N)[P+](c1ccccc1)(c1ccccc1)c1ccccc1. The Kier molecular flexibility index (Phi) is 7.15. The molecule has 0 aliphatic heterocycles. The molecule has 0 spiro atoms. The van der Waals surface area contributed by atoms with Gasteiger partial charge in [-0.05, 0) is 50.2 Å². The monoisotopic (exact) mass is 420 g/mol. The van der Waals surface area contributed by atoms with Crippen LogP contribution in [0.4, 0.5) is 0 Å². The molecule has 2 unspecified atom stereocenters. The van der Waals surface area contributed by atoms with Gasteiger partial charge in [-0.25, -0.2) is 4.79 Å². The van der Waals surface area contributed by atoms with Crippen LogP contribution in [-0.2, 0) is 14.3 Å². The van der Waals surface area contributed by atoms with Gasteiger partial charge in [0.2, 0.25) is 11.4 Å². The van der Waals surface area contributed by atoms with E-state index in [-0.39, 0.29) is 12.4 Å². The van der Waals surface area contributed by atoms with Gasteiger partial charge in [-0.2, -0.15) is 0 Å². The number of ether oxygens (including phenoxy) is 1. The summed E-state index contributed by atoms with van der Waals surface area (Å²) in [5, 5.41) is 2.82. The Bertz CT molecular complexity index is 878. The van der Waals surface area contributed by atoms with Crippen molar-refractivity contribution in [2.24, 2.45) is 5.73 Å². The summed E-state index contributed by atoms with van der Waals surface area (Å²) in [6.07, 6.45) is 0. The Balaban J connectivity index is 2.45. The predicted octanol–water partition coefficient (Wildman–Crippen LogP) is 2.83. The van der Waals surface area contributed by atoms with E-state index < -0.39 is 24.9 Å². The maximum Gasteiger partial charge on any atom is 0.356 e. The fraction of sp³-hybridized carbons (Fsp3) is 0.200. The molecular weight excluding hydrogens is 393 g/mol. The highest BCUT2D eigenvalue weighted by Crippen LogP contribution is 2.60. The van der Waals surface area contributed by atoms with E-state index in [2.05, 4.69) is 0 Å². The van der Waals surface area contributed by atoms with E-state index >= 15 is 0 Å². The highest BCUT2D eigenvalue weighted by atomic mass is 31.2. The van der Waals surface area contributed by atoms with Crippen LogP contribution in [0, 0.1) is 0 Å². The molecule has 0 fully saturated rings. The third-order valence-corrected chi connectivity index (χ3v) is 9.68. The van der Waals surface area contributed by atoms with Crippen molar-refractivity contribution in [2.45, 2.75) is 25.5 Å². The molecular formula is C25H27NO3P+. The molecule has 3 aromatic carbocycles. The molecule has 0 saturated carbocycles. The Labute approximate surface area is 178 Å². The Morgan fingerprint density at radius 2 is 1.17 bits per heavy atom. The van der Waals surface area contributed by atoms with E-state index in [4.69, 9.17) is 10.5 Å². The minimum atomic E-state index is -2.76. The van der Waals surface area contributed by atoms with Crippen molar-refractivity contribution in [3.63, 3.8) is 0 Å². The maximum atomic E-state index is 13.5. The molecule has 0 aromatic heterocycles. The average molecular weight is 420 g/mol. The second-order valence-electron chi connectivity index (χ2n) is 7.07. The van der Waals surface area contributed by atoms with Gasteiger partial charge in [-0.15, -0.1) is 0 Å². The van der Waals surface area contributed by atoms with Crippen molar-refractivity contribution >= 4 is 34.9 Å². The Morgan fingerprint density at radius 1 is 0.800 bits per heavy atom. The summed E-state index contributed by atoms with van der Waals surface area (Å²) < 4.78 is 5.46. The van der Waals surface area contributed by atoms with Gasteiger partial charge in [-0.3, -0.25) is 4.79 Å². The van der Waals surface area contributed by atoms with Crippen molar-refractivity contribution in [3.8, 4) is 0 Å². The van der Waals surface area contributed by atoms with E-state index in [0.29, 0.717) is 0 Å². The molecule has 0 saturated heterocycles. The van der Waals surface area contributed by atoms with Crippen LogP contribution < -0.4 is 21.6 Å². The normalized spacial score (nSPS) is 13.3. The highest BCUT2D eigenvalue weighted by molar-refractivity contribution is 7.97. The van der Waals surface area contributed by atoms with Crippen LogP contribution in [0.15, 0.2) is 91.0 Å². The van der Waals surface area contributed by atoms with Crippen LogP contribution in [-0.4, -0.2) is 30.1 Å². The zero-order valence-electron chi connectivity index (χ0n) is 17.3. The van der Waals surface area contributed by atoms with Gasteiger partial charge >= 0.3 is 5.97 Å². The quantitative estimate of drug-likeness (QED) is 0.346. The number of carbonyl (C=O) groups is 2. The van der Waals surface area contributed by atoms with Crippen molar-refractivity contribution in [1.29, 1.82) is 0 Å². The van der Waals surface area contributed by atoms with Gasteiger partial charge in [0, 0.05) is 0 Å². The summed E-state index contributed by atoms with van der Waals surface area (Å²) in [6, 6.07) is 28.6. The molecule has 2 atom stereocenters.